The smallest absolute Gasteiger partial charge is 0.141 e. The van der Waals surface area contributed by atoms with E-state index >= 15 is 0 Å². The zero-order chi connectivity index (χ0) is 20.4. The van der Waals surface area contributed by atoms with Crippen molar-refractivity contribution in [2.24, 2.45) is 0 Å². The van der Waals surface area contributed by atoms with Crippen molar-refractivity contribution in [3.05, 3.63) is 35.3 Å². The minimum atomic E-state index is -0.392. The van der Waals surface area contributed by atoms with Gasteiger partial charge in [-0.05, 0) is 18.9 Å². The molecule has 8 nitrogen and oxygen atoms in total. The van der Waals surface area contributed by atoms with Crippen LogP contribution in [0.3, 0.4) is 0 Å². The van der Waals surface area contributed by atoms with Crippen molar-refractivity contribution < 1.29 is 9.84 Å². The third kappa shape index (κ3) is 3.85. The number of ether oxygens (including phenoxy) is 1. The molecule has 148 valence electrons. The second kappa shape index (κ2) is 8.03. The predicted molar refractivity (Wildman–Crippen MR) is 112 cm³/mol. The molecule has 1 atom stereocenters. The molecule has 3 aromatic rings. The Kier molecular flexibility index (Phi) is 5.29. The molecule has 0 aromatic carbocycles. The van der Waals surface area contributed by atoms with Gasteiger partial charge < -0.3 is 20.5 Å². The van der Waals surface area contributed by atoms with Crippen LogP contribution in [0.4, 0.5) is 11.5 Å². The van der Waals surface area contributed by atoms with Crippen LogP contribution in [-0.4, -0.2) is 46.4 Å². The minimum Gasteiger partial charge on any atom is -0.497 e. The molecule has 1 fully saturated rings. The average Bonchev–Trinajstić information content (AvgIpc) is 3.27. The summed E-state index contributed by atoms with van der Waals surface area (Å²) < 4.78 is 5.46. The number of nitrogen functional groups attached to an aromatic ring is 1. The van der Waals surface area contributed by atoms with E-state index in [1.165, 1.54) is 11.3 Å². The van der Waals surface area contributed by atoms with E-state index in [0.29, 0.717) is 45.9 Å². The van der Waals surface area contributed by atoms with Crippen LogP contribution in [0.25, 0.3) is 22.1 Å². The average molecular weight is 408 g/mol. The molecule has 9 heteroatoms. The number of nitrogens with zero attached hydrogens (tertiary/aromatic N) is 5. The van der Waals surface area contributed by atoms with Crippen LogP contribution in [0, 0.1) is 11.3 Å². The normalized spacial score (nSPS) is 16.4. The first-order valence-electron chi connectivity index (χ1n) is 9.19. The highest BCUT2D eigenvalue weighted by molar-refractivity contribution is 7.13. The number of anilines is 2. The molecule has 0 amide bonds. The van der Waals surface area contributed by atoms with E-state index in [0.717, 1.165) is 19.4 Å². The SMILES string of the molecule is COc1cc(-c2nc(-c3nccs3)cc(N)c2C#N)nc(N2CCC[C@@H](O)C2)c1. The summed E-state index contributed by atoms with van der Waals surface area (Å²) in [5.74, 6) is 1.26. The van der Waals surface area contributed by atoms with Crippen LogP contribution in [0.1, 0.15) is 18.4 Å². The van der Waals surface area contributed by atoms with Gasteiger partial charge in [0, 0.05) is 36.8 Å². The number of thiazole rings is 1. The summed E-state index contributed by atoms with van der Waals surface area (Å²) in [4.78, 5) is 15.7. The highest BCUT2D eigenvalue weighted by Gasteiger charge is 2.22. The van der Waals surface area contributed by atoms with Gasteiger partial charge in [0.15, 0.2) is 0 Å². The van der Waals surface area contributed by atoms with Crippen molar-refractivity contribution >= 4 is 22.8 Å². The maximum Gasteiger partial charge on any atom is 0.141 e. The van der Waals surface area contributed by atoms with Crippen LogP contribution in [0.2, 0.25) is 0 Å². The van der Waals surface area contributed by atoms with E-state index in [1.807, 2.05) is 16.3 Å². The van der Waals surface area contributed by atoms with Gasteiger partial charge in [-0.15, -0.1) is 11.3 Å². The Morgan fingerprint density at radius 3 is 2.86 bits per heavy atom. The lowest BCUT2D eigenvalue weighted by atomic mass is 10.1. The maximum atomic E-state index is 10.0. The Morgan fingerprint density at radius 2 is 2.17 bits per heavy atom. The number of methoxy groups -OCH3 is 1. The molecule has 0 unspecified atom stereocenters. The summed E-state index contributed by atoms with van der Waals surface area (Å²) in [5, 5.41) is 22.3. The topological polar surface area (TPSA) is 121 Å². The first-order valence-corrected chi connectivity index (χ1v) is 10.1. The number of hydrogen-bond donors (Lipinski definition) is 2. The Hall–Kier alpha value is -3.22. The van der Waals surface area contributed by atoms with Crippen LogP contribution in [-0.2, 0) is 0 Å². The molecular weight excluding hydrogens is 388 g/mol. The molecule has 0 bridgehead atoms. The van der Waals surface area contributed by atoms with Crippen LogP contribution in [0.5, 0.6) is 5.75 Å². The number of nitrogens with two attached hydrogens (primary N) is 1. The number of aliphatic hydroxyl groups is 1. The lowest BCUT2D eigenvalue weighted by molar-refractivity contribution is 0.154. The van der Waals surface area contributed by atoms with Crippen molar-refractivity contribution in [2.45, 2.75) is 18.9 Å². The fourth-order valence-electron chi connectivity index (χ4n) is 3.38. The maximum absolute atomic E-state index is 10.0. The summed E-state index contributed by atoms with van der Waals surface area (Å²) in [7, 11) is 1.58. The molecule has 1 aliphatic rings. The first kappa shape index (κ1) is 19.1. The zero-order valence-electron chi connectivity index (χ0n) is 15.9. The number of hydrogen-bond acceptors (Lipinski definition) is 9. The zero-order valence-corrected chi connectivity index (χ0v) is 16.7. The van der Waals surface area contributed by atoms with Crippen molar-refractivity contribution in [3.63, 3.8) is 0 Å². The van der Waals surface area contributed by atoms with E-state index < -0.39 is 6.10 Å². The van der Waals surface area contributed by atoms with Crippen LogP contribution >= 0.6 is 11.3 Å². The van der Waals surface area contributed by atoms with E-state index in [1.54, 1.807) is 25.4 Å². The Labute approximate surface area is 172 Å². The Morgan fingerprint density at radius 1 is 1.31 bits per heavy atom. The molecule has 3 aromatic heterocycles. The highest BCUT2D eigenvalue weighted by Crippen LogP contribution is 2.33. The number of nitriles is 1. The van der Waals surface area contributed by atoms with Crippen molar-refractivity contribution in [2.75, 3.05) is 30.8 Å². The molecule has 29 heavy (non-hydrogen) atoms. The van der Waals surface area contributed by atoms with Gasteiger partial charge in [0.05, 0.1) is 24.6 Å². The number of aliphatic hydroxyl groups excluding tert-OH is 1. The van der Waals surface area contributed by atoms with Gasteiger partial charge >= 0.3 is 0 Å². The van der Waals surface area contributed by atoms with Gasteiger partial charge in [-0.1, -0.05) is 0 Å². The van der Waals surface area contributed by atoms with E-state index in [4.69, 9.17) is 15.5 Å². The van der Waals surface area contributed by atoms with Gasteiger partial charge in [-0.2, -0.15) is 5.26 Å². The van der Waals surface area contributed by atoms with Crippen molar-refractivity contribution in [3.8, 4) is 33.9 Å². The third-order valence-corrected chi connectivity index (χ3v) is 5.59. The first-order chi connectivity index (χ1) is 14.1. The fraction of sp³-hybridized carbons (Fsp3) is 0.300. The minimum absolute atomic E-state index is 0.260. The van der Waals surface area contributed by atoms with E-state index in [9.17, 15) is 10.4 Å². The second-order valence-electron chi connectivity index (χ2n) is 6.76. The van der Waals surface area contributed by atoms with Crippen molar-refractivity contribution in [1.29, 1.82) is 5.26 Å². The Bertz CT molecular complexity index is 1060. The van der Waals surface area contributed by atoms with Crippen molar-refractivity contribution in [1.82, 2.24) is 15.0 Å². The standard InChI is InChI=1S/C20H20N6O2S/c1-28-13-7-16(24-18(8-13)26-5-2-3-12(27)11-26)19-14(10-21)15(22)9-17(25-19)20-23-4-6-29-20/h4,6-9,12,27H,2-3,5,11H2,1H3,(H2,22,25)/t12-/m1/s1. The van der Waals surface area contributed by atoms with Gasteiger partial charge in [-0.25, -0.2) is 15.0 Å². The molecule has 1 saturated heterocycles. The van der Waals surface area contributed by atoms with Crippen LogP contribution < -0.4 is 15.4 Å². The number of β-amino-alcohol motifs (C(OH)–C–C–N with tert-alkyl or cyclic N) is 1. The third-order valence-electron chi connectivity index (χ3n) is 4.80. The number of pyridine rings is 2. The Balaban J connectivity index is 1.85. The van der Waals surface area contributed by atoms with Gasteiger partial charge in [0.25, 0.3) is 0 Å². The lowest BCUT2D eigenvalue weighted by Crippen LogP contribution is -2.38. The van der Waals surface area contributed by atoms with Crippen LogP contribution in [0.15, 0.2) is 29.8 Å². The molecule has 3 N–H and O–H groups in total. The van der Waals surface area contributed by atoms with Gasteiger partial charge in [0.2, 0.25) is 0 Å². The van der Waals surface area contributed by atoms with E-state index in [-0.39, 0.29) is 5.56 Å². The summed E-state index contributed by atoms with van der Waals surface area (Å²) in [6.45, 7) is 1.29. The molecule has 0 radical (unpaired) electrons. The molecule has 4 rings (SSSR count). The lowest BCUT2D eigenvalue weighted by Gasteiger charge is -2.31. The fourth-order valence-corrected chi connectivity index (χ4v) is 3.98. The summed E-state index contributed by atoms with van der Waals surface area (Å²) in [6, 6.07) is 7.35. The molecule has 0 aliphatic carbocycles. The predicted octanol–water partition coefficient (Wildman–Crippen LogP) is 2.69. The number of rotatable bonds is 4. The van der Waals surface area contributed by atoms with Gasteiger partial charge in [-0.3, -0.25) is 0 Å². The summed E-state index contributed by atoms with van der Waals surface area (Å²) >= 11 is 1.44. The quantitative estimate of drug-likeness (QED) is 0.676. The number of piperidine rings is 1. The molecule has 4 heterocycles. The molecule has 0 spiro atoms. The summed E-state index contributed by atoms with van der Waals surface area (Å²) in [5.41, 5.74) is 8.20. The summed E-state index contributed by atoms with van der Waals surface area (Å²) in [6.07, 6.45) is 2.96. The molecule has 0 saturated carbocycles. The highest BCUT2D eigenvalue weighted by atomic mass is 32.1. The molecular formula is C20H20N6O2S. The van der Waals surface area contributed by atoms with E-state index in [2.05, 4.69) is 16.0 Å². The number of aromatic nitrogens is 3. The van der Waals surface area contributed by atoms with Gasteiger partial charge in [0.1, 0.15) is 39.6 Å². The monoisotopic (exact) mass is 408 g/mol. The second-order valence-corrected chi connectivity index (χ2v) is 7.66. The molecule has 1 aliphatic heterocycles. The largest absolute Gasteiger partial charge is 0.497 e.